The van der Waals surface area contributed by atoms with Crippen molar-refractivity contribution in [3.8, 4) is 0 Å². The van der Waals surface area contributed by atoms with Gasteiger partial charge in [-0.25, -0.2) is 8.78 Å². The van der Waals surface area contributed by atoms with Gasteiger partial charge in [-0.15, -0.1) is 0 Å². The van der Waals surface area contributed by atoms with Crippen LogP contribution in [0, 0.1) is 17.6 Å². The van der Waals surface area contributed by atoms with Gasteiger partial charge in [0.2, 0.25) is 0 Å². The first-order valence-corrected chi connectivity index (χ1v) is 6.87. The van der Waals surface area contributed by atoms with E-state index in [2.05, 4.69) is 6.58 Å². The summed E-state index contributed by atoms with van der Waals surface area (Å²) in [5.41, 5.74) is 0.632. The molecule has 0 heterocycles. The van der Waals surface area contributed by atoms with Crippen LogP contribution in [0.3, 0.4) is 0 Å². The molecule has 0 saturated heterocycles. The fourth-order valence-corrected chi connectivity index (χ4v) is 1.90. The Morgan fingerprint density at radius 1 is 1.43 bits per heavy atom. The van der Waals surface area contributed by atoms with Crippen LogP contribution < -0.4 is 0 Å². The highest BCUT2D eigenvalue weighted by Gasteiger charge is 2.15. The third kappa shape index (κ3) is 5.63. The Morgan fingerprint density at radius 2 is 2.14 bits per heavy atom. The quantitative estimate of drug-likeness (QED) is 0.749. The molecular weight excluding hydrogens is 278 g/mol. The summed E-state index contributed by atoms with van der Waals surface area (Å²) < 4.78 is 31.5. The molecule has 0 aromatic heterocycles. The zero-order chi connectivity index (χ0) is 15.8. The topological polar surface area (TPSA) is 46.5 Å². The smallest absolute Gasteiger partial charge is 0.305 e. The minimum absolute atomic E-state index is 0.0527. The number of carbonyl (C=O) groups is 1. The van der Waals surface area contributed by atoms with Crippen LogP contribution >= 0.6 is 0 Å². The van der Waals surface area contributed by atoms with E-state index in [9.17, 15) is 18.7 Å². The highest BCUT2D eigenvalue weighted by molar-refractivity contribution is 5.69. The van der Waals surface area contributed by atoms with Crippen molar-refractivity contribution in [3.05, 3.63) is 42.0 Å². The molecule has 1 aromatic carbocycles. The van der Waals surface area contributed by atoms with Crippen molar-refractivity contribution in [1.82, 2.24) is 0 Å². The minimum Gasteiger partial charge on any atom is -0.465 e. The van der Waals surface area contributed by atoms with Crippen molar-refractivity contribution >= 4 is 11.5 Å². The molecule has 0 bridgehead atoms. The van der Waals surface area contributed by atoms with Gasteiger partial charge in [-0.3, -0.25) is 4.79 Å². The van der Waals surface area contributed by atoms with Crippen molar-refractivity contribution in [2.45, 2.75) is 26.2 Å². The van der Waals surface area contributed by atoms with Crippen molar-refractivity contribution in [1.29, 1.82) is 0 Å². The van der Waals surface area contributed by atoms with Gasteiger partial charge in [0.1, 0.15) is 11.6 Å². The summed E-state index contributed by atoms with van der Waals surface area (Å²) in [6, 6.07) is 3.25. The lowest BCUT2D eigenvalue weighted by molar-refractivity contribution is -0.145. The van der Waals surface area contributed by atoms with Crippen molar-refractivity contribution < 1.29 is 23.4 Å². The van der Waals surface area contributed by atoms with E-state index in [4.69, 9.17) is 4.74 Å². The Labute approximate surface area is 123 Å². The van der Waals surface area contributed by atoms with Gasteiger partial charge in [0.25, 0.3) is 0 Å². The number of carbonyl (C=O) groups excluding carboxylic acids is 1. The van der Waals surface area contributed by atoms with E-state index in [-0.39, 0.29) is 37.1 Å². The molecule has 0 aliphatic heterocycles. The number of aliphatic hydroxyl groups is 1. The van der Waals surface area contributed by atoms with Crippen LogP contribution in [0.4, 0.5) is 8.78 Å². The molecule has 0 spiro atoms. The van der Waals surface area contributed by atoms with Gasteiger partial charge in [-0.1, -0.05) is 13.5 Å². The summed E-state index contributed by atoms with van der Waals surface area (Å²) in [5.74, 6) is -2.03. The van der Waals surface area contributed by atoms with Crippen LogP contribution in [-0.4, -0.2) is 24.3 Å². The van der Waals surface area contributed by atoms with Gasteiger partial charge < -0.3 is 9.84 Å². The first-order valence-electron chi connectivity index (χ1n) is 6.87. The summed E-state index contributed by atoms with van der Waals surface area (Å²) in [7, 11) is 0. The molecule has 0 aliphatic rings. The average Bonchev–Trinajstić information content (AvgIpc) is 2.43. The Kier molecular flexibility index (Phi) is 7.02. The van der Waals surface area contributed by atoms with Crippen molar-refractivity contribution in [2.24, 2.45) is 5.92 Å². The van der Waals surface area contributed by atoms with Gasteiger partial charge in [0.05, 0.1) is 6.61 Å². The zero-order valence-corrected chi connectivity index (χ0v) is 12.1. The van der Waals surface area contributed by atoms with Crippen LogP contribution in [0.25, 0.3) is 5.57 Å². The largest absolute Gasteiger partial charge is 0.465 e. The number of aliphatic hydroxyl groups excluding tert-OH is 1. The van der Waals surface area contributed by atoms with E-state index in [0.29, 0.717) is 18.4 Å². The maximum absolute atomic E-state index is 13.6. The molecule has 0 fully saturated rings. The van der Waals surface area contributed by atoms with Gasteiger partial charge in [0, 0.05) is 30.6 Å². The number of allylic oxidation sites excluding steroid dienone is 1. The number of halogens is 2. The van der Waals surface area contributed by atoms with E-state index in [1.807, 2.05) is 6.92 Å². The van der Waals surface area contributed by atoms with Crippen LogP contribution in [-0.2, 0) is 9.53 Å². The summed E-state index contributed by atoms with van der Waals surface area (Å²) in [6.07, 6.45) is 1.28. The van der Waals surface area contributed by atoms with E-state index in [1.165, 1.54) is 6.07 Å². The number of ether oxygens (including phenoxy) is 1. The second-order valence-corrected chi connectivity index (χ2v) is 4.91. The summed E-state index contributed by atoms with van der Waals surface area (Å²) in [6.45, 7) is 5.46. The Hall–Kier alpha value is -1.75. The molecule has 116 valence electrons. The normalized spacial score (nSPS) is 12.0. The predicted molar refractivity (Wildman–Crippen MR) is 76.5 cm³/mol. The molecule has 1 rings (SSSR count). The fourth-order valence-electron chi connectivity index (χ4n) is 1.90. The van der Waals surface area contributed by atoms with Crippen molar-refractivity contribution in [3.63, 3.8) is 0 Å². The molecule has 1 N–H and O–H groups in total. The Balaban J connectivity index is 2.60. The summed E-state index contributed by atoms with van der Waals surface area (Å²) in [5, 5.41) is 9.29. The molecule has 21 heavy (non-hydrogen) atoms. The molecular formula is C16H20F2O3. The monoisotopic (exact) mass is 298 g/mol. The second-order valence-electron chi connectivity index (χ2n) is 4.91. The van der Waals surface area contributed by atoms with Crippen molar-refractivity contribution in [2.75, 3.05) is 13.2 Å². The lowest BCUT2D eigenvalue weighted by atomic mass is 9.96. The number of hydrogen-bond acceptors (Lipinski definition) is 3. The molecule has 1 atom stereocenters. The summed E-state index contributed by atoms with van der Waals surface area (Å²) in [4.78, 5) is 11.3. The SMILES string of the molecule is C=C(C[C@@H](CO)COC(=O)CCC)c1ccc(F)cc1F. The Bertz CT molecular complexity index is 500. The standard InChI is InChI=1S/C16H20F2O3/c1-3-4-16(20)21-10-12(9-19)7-11(2)14-6-5-13(17)8-15(14)18/h5-6,8,12,19H,2-4,7,9-10H2,1H3/t12-/m0/s1. The second kappa shape index (κ2) is 8.52. The van der Waals surface area contributed by atoms with E-state index < -0.39 is 11.6 Å². The molecule has 5 heteroatoms. The van der Waals surface area contributed by atoms with E-state index in [0.717, 1.165) is 12.1 Å². The number of benzene rings is 1. The number of hydrogen-bond donors (Lipinski definition) is 1. The lowest BCUT2D eigenvalue weighted by Gasteiger charge is -2.16. The highest BCUT2D eigenvalue weighted by Crippen LogP contribution is 2.24. The molecule has 0 radical (unpaired) electrons. The molecule has 0 unspecified atom stereocenters. The average molecular weight is 298 g/mol. The fraction of sp³-hybridized carbons (Fsp3) is 0.438. The third-order valence-electron chi connectivity index (χ3n) is 3.04. The first kappa shape index (κ1) is 17.3. The number of esters is 1. The molecule has 1 aromatic rings. The molecule has 3 nitrogen and oxygen atoms in total. The van der Waals surface area contributed by atoms with Crippen LogP contribution in [0.15, 0.2) is 24.8 Å². The van der Waals surface area contributed by atoms with Crippen LogP contribution in [0.5, 0.6) is 0 Å². The molecule has 0 amide bonds. The molecule has 0 saturated carbocycles. The summed E-state index contributed by atoms with van der Waals surface area (Å²) >= 11 is 0. The maximum Gasteiger partial charge on any atom is 0.305 e. The van der Waals surface area contributed by atoms with Gasteiger partial charge in [0.15, 0.2) is 0 Å². The highest BCUT2D eigenvalue weighted by atomic mass is 19.1. The Morgan fingerprint density at radius 3 is 2.71 bits per heavy atom. The van der Waals surface area contributed by atoms with Crippen LogP contribution in [0.2, 0.25) is 0 Å². The van der Waals surface area contributed by atoms with Crippen LogP contribution in [0.1, 0.15) is 31.7 Å². The van der Waals surface area contributed by atoms with E-state index >= 15 is 0 Å². The zero-order valence-electron chi connectivity index (χ0n) is 12.1. The van der Waals surface area contributed by atoms with Gasteiger partial charge >= 0.3 is 5.97 Å². The minimum atomic E-state index is -0.695. The number of rotatable bonds is 8. The lowest BCUT2D eigenvalue weighted by Crippen LogP contribution is -2.17. The van der Waals surface area contributed by atoms with Gasteiger partial charge in [-0.2, -0.15) is 0 Å². The van der Waals surface area contributed by atoms with Gasteiger partial charge in [-0.05, 0) is 30.5 Å². The first-order chi connectivity index (χ1) is 9.97. The predicted octanol–water partition coefficient (Wildman–Crippen LogP) is 3.32. The maximum atomic E-state index is 13.6. The third-order valence-corrected chi connectivity index (χ3v) is 3.04. The molecule has 0 aliphatic carbocycles. The van der Waals surface area contributed by atoms with E-state index in [1.54, 1.807) is 0 Å².